The maximum atomic E-state index is 11.8. The first-order chi connectivity index (χ1) is 7.27. The lowest BCUT2D eigenvalue weighted by atomic mass is 9.71. The van der Waals surface area contributed by atoms with E-state index in [0.29, 0.717) is 19.3 Å². The van der Waals surface area contributed by atoms with Crippen LogP contribution in [0.25, 0.3) is 0 Å². The molecule has 3 nitrogen and oxygen atoms in total. The van der Waals surface area contributed by atoms with Gasteiger partial charge in [0, 0.05) is 12.8 Å². The van der Waals surface area contributed by atoms with Crippen molar-refractivity contribution in [3.8, 4) is 6.07 Å². The van der Waals surface area contributed by atoms with E-state index < -0.39 is 5.41 Å². The molecule has 1 aromatic heterocycles. The molecule has 0 amide bonds. The van der Waals surface area contributed by atoms with Crippen molar-refractivity contribution >= 4 is 5.78 Å². The molecule has 78 valence electrons. The fraction of sp³-hybridized carbons (Fsp3) is 0.500. The van der Waals surface area contributed by atoms with Gasteiger partial charge in [0.05, 0.1) is 12.3 Å². The number of hydrogen-bond acceptors (Lipinski definition) is 3. The first-order valence-corrected chi connectivity index (χ1v) is 5.24. The zero-order valence-corrected chi connectivity index (χ0v) is 8.53. The zero-order chi connectivity index (χ0) is 10.7. The summed E-state index contributed by atoms with van der Waals surface area (Å²) in [5, 5.41) is 9.20. The van der Waals surface area contributed by atoms with E-state index in [-0.39, 0.29) is 5.78 Å². The fourth-order valence-corrected chi connectivity index (χ4v) is 2.15. The van der Waals surface area contributed by atoms with E-state index in [1.54, 1.807) is 12.3 Å². The summed E-state index contributed by atoms with van der Waals surface area (Å²) in [5.41, 5.74) is -0.823. The van der Waals surface area contributed by atoms with Crippen LogP contribution in [0.15, 0.2) is 22.8 Å². The van der Waals surface area contributed by atoms with Gasteiger partial charge in [-0.15, -0.1) is 0 Å². The van der Waals surface area contributed by atoms with Crippen molar-refractivity contribution < 1.29 is 9.21 Å². The van der Waals surface area contributed by atoms with Crippen LogP contribution < -0.4 is 0 Å². The van der Waals surface area contributed by atoms with Crippen molar-refractivity contribution in [2.75, 3.05) is 0 Å². The van der Waals surface area contributed by atoms with Crippen LogP contribution in [0.4, 0.5) is 0 Å². The van der Waals surface area contributed by atoms with Crippen molar-refractivity contribution in [1.82, 2.24) is 0 Å². The Labute approximate surface area is 88.7 Å². The van der Waals surface area contributed by atoms with E-state index >= 15 is 0 Å². The van der Waals surface area contributed by atoms with E-state index in [1.807, 2.05) is 6.07 Å². The number of hydrogen-bond donors (Lipinski definition) is 0. The summed E-state index contributed by atoms with van der Waals surface area (Å²) in [6, 6.07) is 5.80. The van der Waals surface area contributed by atoms with Gasteiger partial charge >= 0.3 is 0 Å². The number of furan rings is 1. The average molecular weight is 203 g/mol. The van der Waals surface area contributed by atoms with Gasteiger partial charge in [-0.05, 0) is 25.0 Å². The molecule has 0 radical (unpaired) electrons. The second-order valence-corrected chi connectivity index (χ2v) is 4.08. The number of carbonyl (C=O) groups is 1. The van der Waals surface area contributed by atoms with Crippen molar-refractivity contribution in [1.29, 1.82) is 5.26 Å². The number of carbonyl (C=O) groups excluding carboxylic acids is 1. The first kappa shape index (κ1) is 9.97. The van der Waals surface area contributed by atoms with Gasteiger partial charge in [-0.1, -0.05) is 6.42 Å². The highest BCUT2D eigenvalue weighted by molar-refractivity contribution is 5.88. The monoisotopic (exact) mass is 203 g/mol. The highest BCUT2D eigenvalue weighted by Gasteiger charge is 2.40. The van der Waals surface area contributed by atoms with Crippen molar-refractivity contribution in [3.05, 3.63) is 24.2 Å². The molecule has 15 heavy (non-hydrogen) atoms. The third-order valence-corrected chi connectivity index (χ3v) is 3.06. The Morgan fingerprint density at radius 1 is 1.53 bits per heavy atom. The molecule has 1 unspecified atom stereocenters. The van der Waals surface area contributed by atoms with Gasteiger partial charge in [-0.2, -0.15) is 5.26 Å². The Balaban J connectivity index is 2.21. The molecule has 0 aromatic carbocycles. The molecular weight excluding hydrogens is 190 g/mol. The lowest BCUT2D eigenvalue weighted by molar-refractivity contribution is -0.128. The molecule has 0 bridgehead atoms. The van der Waals surface area contributed by atoms with Gasteiger partial charge in [0.2, 0.25) is 0 Å². The summed E-state index contributed by atoms with van der Waals surface area (Å²) < 4.78 is 5.21. The normalized spacial score (nSPS) is 26.2. The third-order valence-electron chi connectivity index (χ3n) is 3.06. The van der Waals surface area contributed by atoms with Gasteiger partial charge in [0.25, 0.3) is 0 Å². The molecule has 1 aromatic rings. The van der Waals surface area contributed by atoms with Crippen LogP contribution in [0.3, 0.4) is 0 Å². The molecule has 0 spiro atoms. The molecule has 0 saturated heterocycles. The van der Waals surface area contributed by atoms with Crippen LogP contribution in [0.5, 0.6) is 0 Å². The standard InChI is InChI=1S/C12H13NO2/c13-9-12(6-2-1-5-11(12)14)8-10-4-3-7-15-10/h3-4,7H,1-2,5-6,8H2. The Bertz CT molecular complexity index is 388. The van der Waals surface area contributed by atoms with Crippen LogP contribution in [0.2, 0.25) is 0 Å². The van der Waals surface area contributed by atoms with Gasteiger partial charge < -0.3 is 4.42 Å². The quantitative estimate of drug-likeness (QED) is 0.741. The smallest absolute Gasteiger partial charge is 0.153 e. The van der Waals surface area contributed by atoms with Crippen LogP contribution in [0, 0.1) is 16.7 Å². The number of rotatable bonds is 2. The van der Waals surface area contributed by atoms with E-state index in [4.69, 9.17) is 4.42 Å². The topological polar surface area (TPSA) is 54.0 Å². The van der Waals surface area contributed by atoms with Crippen LogP contribution in [0.1, 0.15) is 31.4 Å². The second-order valence-electron chi connectivity index (χ2n) is 4.08. The Morgan fingerprint density at radius 3 is 3.00 bits per heavy atom. The minimum atomic E-state index is -0.823. The zero-order valence-electron chi connectivity index (χ0n) is 8.53. The van der Waals surface area contributed by atoms with Crippen molar-refractivity contribution in [2.24, 2.45) is 5.41 Å². The van der Waals surface area contributed by atoms with Gasteiger partial charge in [-0.25, -0.2) is 0 Å². The number of nitriles is 1. The highest BCUT2D eigenvalue weighted by Crippen LogP contribution is 2.35. The summed E-state index contributed by atoms with van der Waals surface area (Å²) in [6.07, 6.45) is 5.08. The summed E-state index contributed by atoms with van der Waals surface area (Å²) >= 11 is 0. The van der Waals surface area contributed by atoms with E-state index in [0.717, 1.165) is 18.6 Å². The number of Topliss-reactive ketones (excluding diaryl/α,β-unsaturated/α-hetero) is 1. The average Bonchev–Trinajstić information content (AvgIpc) is 2.74. The molecule has 1 atom stereocenters. The lowest BCUT2D eigenvalue weighted by Gasteiger charge is -2.28. The van der Waals surface area contributed by atoms with Crippen molar-refractivity contribution in [2.45, 2.75) is 32.1 Å². The van der Waals surface area contributed by atoms with E-state index in [1.165, 1.54) is 0 Å². The predicted molar refractivity (Wildman–Crippen MR) is 53.9 cm³/mol. The SMILES string of the molecule is N#CC1(Cc2ccco2)CCCCC1=O. The number of ketones is 1. The van der Waals surface area contributed by atoms with Gasteiger partial charge in [-0.3, -0.25) is 4.79 Å². The summed E-state index contributed by atoms with van der Waals surface area (Å²) in [5.74, 6) is 0.805. The summed E-state index contributed by atoms with van der Waals surface area (Å²) in [6.45, 7) is 0. The third kappa shape index (κ3) is 1.80. The molecule has 1 fully saturated rings. The second kappa shape index (κ2) is 3.90. The molecule has 0 aliphatic heterocycles. The van der Waals surface area contributed by atoms with Gasteiger partial charge in [0.15, 0.2) is 5.78 Å². The predicted octanol–water partition coefficient (Wildman–Crippen LogP) is 2.48. The van der Waals surface area contributed by atoms with E-state index in [9.17, 15) is 10.1 Å². The summed E-state index contributed by atoms with van der Waals surface area (Å²) in [7, 11) is 0. The Kier molecular flexibility index (Phi) is 2.59. The van der Waals surface area contributed by atoms with Crippen LogP contribution >= 0.6 is 0 Å². The van der Waals surface area contributed by atoms with Crippen LogP contribution in [-0.2, 0) is 11.2 Å². The summed E-state index contributed by atoms with van der Waals surface area (Å²) in [4.78, 5) is 11.8. The van der Waals surface area contributed by atoms with Crippen LogP contribution in [-0.4, -0.2) is 5.78 Å². The molecule has 1 heterocycles. The molecule has 2 rings (SSSR count). The molecule has 0 N–H and O–H groups in total. The van der Waals surface area contributed by atoms with Crippen molar-refractivity contribution in [3.63, 3.8) is 0 Å². The highest BCUT2D eigenvalue weighted by atomic mass is 16.3. The minimum absolute atomic E-state index is 0.0765. The van der Waals surface area contributed by atoms with E-state index in [2.05, 4.69) is 6.07 Å². The molecular formula is C12H13NO2. The molecule has 3 heteroatoms. The maximum Gasteiger partial charge on any atom is 0.153 e. The largest absolute Gasteiger partial charge is 0.469 e. The minimum Gasteiger partial charge on any atom is -0.469 e. The maximum absolute atomic E-state index is 11.8. The lowest BCUT2D eigenvalue weighted by Crippen LogP contribution is -2.34. The Morgan fingerprint density at radius 2 is 2.40 bits per heavy atom. The molecule has 1 aliphatic rings. The fourth-order valence-electron chi connectivity index (χ4n) is 2.15. The molecule has 1 saturated carbocycles. The number of nitrogens with zero attached hydrogens (tertiary/aromatic N) is 1. The first-order valence-electron chi connectivity index (χ1n) is 5.24. The Hall–Kier alpha value is -1.56. The van der Waals surface area contributed by atoms with Gasteiger partial charge in [0.1, 0.15) is 11.2 Å². The molecule has 1 aliphatic carbocycles.